The highest BCUT2D eigenvalue weighted by Crippen LogP contribution is 2.26. The van der Waals surface area contributed by atoms with Crippen molar-refractivity contribution in [3.05, 3.63) is 42.0 Å². The van der Waals surface area contributed by atoms with Crippen LogP contribution in [0.15, 0.2) is 36.4 Å². The van der Waals surface area contributed by atoms with Gasteiger partial charge in [0.25, 0.3) is 11.8 Å². The number of likely N-dealkylation sites (tertiary alicyclic amines) is 1. The van der Waals surface area contributed by atoms with Crippen LogP contribution in [0.25, 0.3) is 0 Å². The smallest absolute Gasteiger partial charge is 0.253 e. The number of rotatable bonds is 19. The lowest BCUT2D eigenvalue weighted by atomic mass is 10.1. The van der Waals surface area contributed by atoms with Crippen molar-refractivity contribution in [3.63, 3.8) is 0 Å². The third kappa shape index (κ3) is 11.1. The summed E-state index contributed by atoms with van der Waals surface area (Å²) in [5.74, 6) is -1.74. The minimum atomic E-state index is -1.07. The maximum Gasteiger partial charge on any atom is 0.253 e. The van der Waals surface area contributed by atoms with E-state index in [1.807, 2.05) is 7.05 Å². The van der Waals surface area contributed by atoms with Crippen LogP contribution in [0.4, 0.5) is 5.69 Å². The standard InChI is InChI=1S/C30H42N6O7S/c1-20(31-2)16-21-4-6-22(7-5-21)32-12-3-15-44-24-17-29(42)36(30(24)43)14-11-26(39)34-19-23(37)18-33-25(38)10-13-35-27(40)8-9-28(35)41/h4-9,20,23-24,31-32,37H,3,10-19H2,1-2H3,(H,33,38)(H,34,39). The van der Waals surface area contributed by atoms with Gasteiger partial charge in [-0.25, -0.2) is 0 Å². The Morgan fingerprint density at radius 2 is 1.55 bits per heavy atom. The third-order valence-electron chi connectivity index (χ3n) is 7.26. The number of nitrogens with zero attached hydrogens (tertiary/aromatic N) is 2. The Kier molecular flexibility index (Phi) is 13.8. The first-order valence-electron chi connectivity index (χ1n) is 14.8. The molecule has 3 atom stereocenters. The van der Waals surface area contributed by atoms with Gasteiger partial charge in [-0.3, -0.25) is 38.6 Å². The van der Waals surface area contributed by atoms with Crippen molar-refractivity contribution in [3.8, 4) is 0 Å². The molecule has 0 saturated carbocycles. The van der Waals surface area contributed by atoms with Gasteiger partial charge in [0.2, 0.25) is 23.6 Å². The fourth-order valence-corrected chi connectivity index (χ4v) is 5.68. The lowest BCUT2D eigenvalue weighted by Gasteiger charge is -2.16. The Morgan fingerprint density at radius 3 is 2.14 bits per heavy atom. The highest BCUT2D eigenvalue weighted by atomic mass is 32.2. The van der Waals surface area contributed by atoms with E-state index in [1.54, 1.807) is 0 Å². The van der Waals surface area contributed by atoms with E-state index in [0.717, 1.165) is 47.0 Å². The van der Waals surface area contributed by atoms with Crippen LogP contribution in [0.5, 0.6) is 0 Å². The zero-order chi connectivity index (χ0) is 32.1. The zero-order valence-electron chi connectivity index (χ0n) is 25.2. The molecule has 5 N–H and O–H groups in total. The first-order valence-corrected chi connectivity index (χ1v) is 15.8. The lowest BCUT2D eigenvalue weighted by Crippen LogP contribution is -2.42. The number of likely N-dealkylation sites (N-methyl/N-ethyl adjacent to an activating group) is 1. The average Bonchev–Trinajstić information content (AvgIpc) is 3.47. The van der Waals surface area contributed by atoms with Crippen molar-refractivity contribution in [2.24, 2.45) is 0 Å². The maximum atomic E-state index is 12.7. The second kappa shape index (κ2) is 17.5. The molecule has 0 radical (unpaired) electrons. The van der Waals surface area contributed by atoms with Crippen molar-refractivity contribution in [1.82, 2.24) is 25.8 Å². The van der Waals surface area contributed by atoms with Gasteiger partial charge in [0.05, 0.1) is 11.4 Å². The Morgan fingerprint density at radius 1 is 0.955 bits per heavy atom. The molecule has 2 aliphatic heterocycles. The van der Waals surface area contributed by atoms with Crippen LogP contribution in [0.3, 0.4) is 0 Å². The summed E-state index contributed by atoms with van der Waals surface area (Å²) in [5, 5.41) is 21.2. The third-order valence-corrected chi connectivity index (χ3v) is 8.55. The number of imide groups is 2. The number of nitrogens with one attached hydrogen (secondary N) is 4. The van der Waals surface area contributed by atoms with E-state index < -0.39 is 35.0 Å². The minimum Gasteiger partial charge on any atom is -0.389 e. The fraction of sp³-hybridized carbons (Fsp3) is 0.533. The Bertz CT molecular complexity index is 1210. The summed E-state index contributed by atoms with van der Waals surface area (Å²) in [6.45, 7) is 2.49. The summed E-state index contributed by atoms with van der Waals surface area (Å²) < 4.78 is 0. The summed E-state index contributed by atoms with van der Waals surface area (Å²) in [4.78, 5) is 74.4. The highest BCUT2D eigenvalue weighted by molar-refractivity contribution is 8.00. The molecule has 0 aromatic heterocycles. The molecule has 1 fully saturated rings. The van der Waals surface area contributed by atoms with Crippen LogP contribution in [0, 0.1) is 0 Å². The van der Waals surface area contributed by atoms with Crippen molar-refractivity contribution in [2.45, 2.75) is 56.4 Å². The van der Waals surface area contributed by atoms with Crippen molar-refractivity contribution in [2.75, 3.05) is 50.8 Å². The summed E-state index contributed by atoms with van der Waals surface area (Å²) in [6, 6.07) is 8.75. The molecular formula is C30H42N6O7S. The molecule has 240 valence electrons. The Labute approximate surface area is 261 Å². The van der Waals surface area contributed by atoms with Crippen LogP contribution in [-0.2, 0) is 35.2 Å². The number of hydrogen-bond acceptors (Lipinski definition) is 10. The van der Waals surface area contributed by atoms with E-state index in [4.69, 9.17) is 0 Å². The number of aliphatic hydroxyl groups is 1. The van der Waals surface area contributed by atoms with Gasteiger partial charge < -0.3 is 26.4 Å². The normalized spacial score (nSPS) is 17.8. The number of carbonyl (C=O) groups is 6. The minimum absolute atomic E-state index is 0.0408. The van der Waals surface area contributed by atoms with Gasteiger partial charge in [0.15, 0.2) is 0 Å². The van der Waals surface area contributed by atoms with Gasteiger partial charge in [0.1, 0.15) is 0 Å². The molecular weight excluding hydrogens is 588 g/mol. The molecule has 1 aromatic carbocycles. The van der Waals surface area contributed by atoms with Crippen LogP contribution >= 0.6 is 11.8 Å². The van der Waals surface area contributed by atoms with E-state index in [0.29, 0.717) is 11.8 Å². The molecule has 14 heteroatoms. The molecule has 0 bridgehead atoms. The largest absolute Gasteiger partial charge is 0.389 e. The first-order chi connectivity index (χ1) is 21.1. The molecule has 0 spiro atoms. The van der Waals surface area contributed by atoms with Gasteiger partial charge in [-0.15, -0.1) is 11.8 Å². The summed E-state index contributed by atoms with van der Waals surface area (Å²) >= 11 is 1.45. The lowest BCUT2D eigenvalue weighted by molar-refractivity contribution is -0.140. The second-order valence-corrected chi connectivity index (χ2v) is 12.1. The highest BCUT2D eigenvalue weighted by Gasteiger charge is 2.38. The molecule has 1 aromatic rings. The average molecular weight is 631 g/mol. The molecule has 2 aliphatic rings. The number of carbonyl (C=O) groups excluding carboxylic acids is 6. The maximum absolute atomic E-state index is 12.7. The predicted octanol–water partition coefficient (Wildman–Crippen LogP) is -0.202. The molecule has 13 nitrogen and oxygen atoms in total. The van der Waals surface area contributed by atoms with Gasteiger partial charge in [0, 0.05) is 75.9 Å². The molecule has 6 amide bonds. The number of benzene rings is 1. The van der Waals surface area contributed by atoms with Crippen molar-refractivity contribution in [1.29, 1.82) is 0 Å². The van der Waals surface area contributed by atoms with E-state index in [2.05, 4.69) is 52.5 Å². The summed E-state index contributed by atoms with van der Waals surface area (Å²) in [6.07, 6.45) is 2.87. The SMILES string of the molecule is CNC(C)Cc1ccc(NCCCSC2CC(=O)N(CCC(=O)NCC(O)CNC(=O)CCN3C(=O)C=CC3=O)C2=O)cc1. The van der Waals surface area contributed by atoms with Gasteiger partial charge in [-0.2, -0.15) is 0 Å². The number of amides is 6. The number of thioether (sulfide) groups is 1. The Hall–Kier alpha value is -3.75. The fourth-order valence-electron chi connectivity index (χ4n) is 4.55. The van der Waals surface area contributed by atoms with Gasteiger partial charge >= 0.3 is 0 Å². The zero-order valence-corrected chi connectivity index (χ0v) is 26.0. The van der Waals surface area contributed by atoms with Crippen molar-refractivity contribution >= 4 is 52.9 Å². The summed E-state index contributed by atoms with van der Waals surface area (Å²) in [7, 11) is 1.95. The van der Waals surface area contributed by atoms with E-state index in [9.17, 15) is 33.9 Å². The van der Waals surface area contributed by atoms with Crippen molar-refractivity contribution < 1.29 is 33.9 Å². The first kappa shape index (κ1) is 34.7. The van der Waals surface area contributed by atoms with Crippen LogP contribution in [-0.4, -0.2) is 113 Å². The second-order valence-electron chi connectivity index (χ2n) is 10.7. The number of aliphatic hydroxyl groups excluding tert-OH is 1. The molecule has 44 heavy (non-hydrogen) atoms. The van der Waals surface area contributed by atoms with Gasteiger partial charge in [-0.05, 0) is 50.3 Å². The Balaban J connectivity index is 1.25. The molecule has 0 aliphatic carbocycles. The number of hydrogen-bond donors (Lipinski definition) is 5. The molecule has 1 saturated heterocycles. The van der Waals surface area contributed by atoms with E-state index >= 15 is 0 Å². The van der Waals surface area contributed by atoms with Crippen LogP contribution in [0.2, 0.25) is 0 Å². The predicted molar refractivity (Wildman–Crippen MR) is 166 cm³/mol. The summed E-state index contributed by atoms with van der Waals surface area (Å²) in [5.41, 5.74) is 2.30. The van der Waals surface area contributed by atoms with Crippen LogP contribution in [0.1, 0.15) is 38.2 Å². The quantitative estimate of drug-likeness (QED) is 0.102. The van der Waals surface area contributed by atoms with E-state index in [-0.39, 0.29) is 57.3 Å². The monoisotopic (exact) mass is 630 g/mol. The number of anilines is 1. The molecule has 3 rings (SSSR count). The van der Waals surface area contributed by atoms with Gasteiger partial charge in [-0.1, -0.05) is 12.1 Å². The molecule has 3 unspecified atom stereocenters. The van der Waals surface area contributed by atoms with Crippen LogP contribution < -0.4 is 21.3 Å². The topological polar surface area (TPSA) is 177 Å². The molecule has 2 heterocycles. The van der Waals surface area contributed by atoms with E-state index in [1.165, 1.54) is 17.3 Å².